The Morgan fingerprint density at radius 1 is 0.260 bits per heavy atom. The highest BCUT2D eigenvalue weighted by Crippen LogP contribution is 2.14. The third-order valence-electron chi connectivity index (χ3n) is 12.2. The van der Waals surface area contributed by atoms with Crippen LogP contribution in [0, 0.1) is 0 Å². The highest BCUT2D eigenvalue weighted by atomic mass is 16.6. The maximum atomic E-state index is 12.9. The van der Waals surface area contributed by atoms with E-state index >= 15 is 0 Å². The lowest BCUT2D eigenvalue weighted by atomic mass is 10.0. The Morgan fingerprint density at radius 2 is 0.494 bits per heavy atom. The molecule has 0 radical (unpaired) electrons. The van der Waals surface area contributed by atoms with E-state index in [0.717, 1.165) is 122 Å². The van der Waals surface area contributed by atoms with E-state index in [1.165, 1.54) is 64.2 Å². The zero-order chi connectivity index (χ0) is 55.7. The normalized spacial score (nSPS) is 13.3. The summed E-state index contributed by atoms with van der Waals surface area (Å²) in [5.74, 6) is -1.07. The number of rotatable bonds is 53. The molecule has 0 fully saturated rings. The molecule has 0 aliphatic rings. The minimum Gasteiger partial charge on any atom is -0.462 e. The number of hydrogen-bond acceptors (Lipinski definition) is 6. The zero-order valence-electron chi connectivity index (χ0n) is 49.1. The van der Waals surface area contributed by atoms with Crippen LogP contribution in [0.15, 0.2) is 170 Å². The predicted octanol–water partition coefficient (Wildman–Crippen LogP) is 21.1. The molecular formula is C71H110O6. The molecule has 0 saturated carbocycles. The van der Waals surface area contributed by atoms with Crippen molar-refractivity contribution in [3.8, 4) is 0 Å². The van der Waals surface area contributed by atoms with Crippen LogP contribution in [0.4, 0.5) is 0 Å². The maximum Gasteiger partial charge on any atom is 0.306 e. The minimum atomic E-state index is -0.846. The molecule has 0 saturated heterocycles. The molecule has 430 valence electrons. The monoisotopic (exact) mass is 1060 g/mol. The predicted molar refractivity (Wildman–Crippen MR) is 334 cm³/mol. The van der Waals surface area contributed by atoms with Crippen molar-refractivity contribution in [2.75, 3.05) is 13.2 Å². The molecule has 0 aromatic carbocycles. The Hall–Kier alpha value is -5.23. The second-order valence-corrected chi connectivity index (χ2v) is 19.5. The molecule has 0 spiro atoms. The SMILES string of the molecule is CC/C=C\C/C=C\C/C=C\C/C=C\C/C=C\C/C=C\CCC(=O)OC(COC(=O)CCCC/C=C\C/C=C\C/C=C\C/C=C\CC)COC(=O)CCCCCCCCCCCCCC/C=C\C/C=C\C/C=C\C/C=C\CC. The summed E-state index contributed by atoms with van der Waals surface area (Å²) >= 11 is 0. The Morgan fingerprint density at radius 3 is 0.805 bits per heavy atom. The van der Waals surface area contributed by atoms with Crippen LogP contribution < -0.4 is 0 Å². The Balaban J connectivity index is 4.51. The van der Waals surface area contributed by atoms with Gasteiger partial charge in [-0.1, -0.05) is 255 Å². The molecule has 77 heavy (non-hydrogen) atoms. The van der Waals surface area contributed by atoms with E-state index in [1.807, 2.05) is 12.2 Å². The largest absolute Gasteiger partial charge is 0.462 e. The maximum absolute atomic E-state index is 12.9. The van der Waals surface area contributed by atoms with E-state index in [-0.39, 0.29) is 38.0 Å². The van der Waals surface area contributed by atoms with Gasteiger partial charge in [0.05, 0.1) is 0 Å². The van der Waals surface area contributed by atoms with Crippen molar-refractivity contribution < 1.29 is 28.6 Å². The molecule has 1 unspecified atom stereocenters. The standard InChI is InChI=1S/C71H110O6/c1-4-7-10-13-16-19-22-25-28-30-32-33-34-35-36-37-39-40-43-46-49-52-55-58-61-64-70(73)76-67-68(66-75-69(72)63-60-57-54-51-48-45-42-27-24-21-18-15-12-9-6-3)77-71(74)65-62-59-56-53-50-47-44-41-38-31-29-26-23-20-17-14-11-8-5-2/h7-12,16-21,25-29,32-33,38,41-42,47-48,50-51,56,59,68H,4-6,13-15,22-24,30-31,34-37,39-40,43-46,49,52-55,57-58,60-67H2,1-3H3/b10-7-,11-8-,12-9-,19-16-,20-17-,21-18-,28-25-,29-26-,33-32-,41-38-,42-27-,50-47-,51-48-,59-56-. The van der Waals surface area contributed by atoms with Crippen LogP contribution in [-0.2, 0) is 28.6 Å². The second-order valence-electron chi connectivity index (χ2n) is 19.5. The highest BCUT2D eigenvalue weighted by Gasteiger charge is 2.19. The van der Waals surface area contributed by atoms with Crippen molar-refractivity contribution in [3.05, 3.63) is 170 Å². The van der Waals surface area contributed by atoms with E-state index in [9.17, 15) is 14.4 Å². The first-order valence-corrected chi connectivity index (χ1v) is 30.6. The molecule has 6 nitrogen and oxygen atoms in total. The van der Waals surface area contributed by atoms with E-state index < -0.39 is 12.1 Å². The lowest BCUT2D eigenvalue weighted by Crippen LogP contribution is -2.30. The molecule has 0 aliphatic carbocycles. The highest BCUT2D eigenvalue weighted by molar-refractivity contribution is 5.71. The van der Waals surface area contributed by atoms with Gasteiger partial charge >= 0.3 is 17.9 Å². The lowest BCUT2D eigenvalue weighted by molar-refractivity contribution is -0.166. The third kappa shape index (κ3) is 61.5. The van der Waals surface area contributed by atoms with Gasteiger partial charge in [0.15, 0.2) is 6.10 Å². The van der Waals surface area contributed by atoms with Gasteiger partial charge in [-0.25, -0.2) is 0 Å². The van der Waals surface area contributed by atoms with Gasteiger partial charge in [-0.2, -0.15) is 0 Å². The van der Waals surface area contributed by atoms with E-state index in [0.29, 0.717) is 19.3 Å². The van der Waals surface area contributed by atoms with Gasteiger partial charge in [0, 0.05) is 19.3 Å². The Labute approximate surface area is 472 Å². The lowest BCUT2D eigenvalue weighted by Gasteiger charge is -2.18. The molecule has 1 atom stereocenters. The van der Waals surface area contributed by atoms with Crippen molar-refractivity contribution in [2.24, 2.45) is 0 Å². The van der Waals surface area contributed by atoms with Crippen LogP contribution in [0.2, 0.25) is 0 Å². The molecular weight excluding hydrogens is 949 g/mol. The summed E-state index contributed by atoms with van der Waals surface area (Å²) in [6, 6.07) is 0. The van der Waals surface area contributed by atoms with Crippen molar-refractivity contribution in [3.63, 3.8) is 0 Å². The van der Waals surface area contributed by atoms with E-state index in [1.54, 1.807) is 0 Å². The van der Waals surface area contributed by atoms with Gasteiger partial charge in [0.25, 0.3) is 0 Å². The van der Waals surface area contributed by atoms with Gasteiger partial charge in [-0.3, -0.25) is 14.4 Å². The average molecular weight is 1060 g/mol. The number of ether oxygens (including phenoxy) is 3. The molecule has 0 aliphatic heterocycles. The fourth-order valence-corrected chi connectivity index (χ4v) is 7.74. The van der Waals surface area contributed by atoms with Gasteiger partial charge < -0.3 is 14.2 Å². The molecule has 0 rings (SSSR count). The fourth-order valence-electron chi connectivity index (χ4n) is 7.74. The Kier molecular flexibility index (Phi) is 59.0. The summed E-state index contributed by atoms with van der Waals surface area (Å²) in [6.45, 7) is 6.19. The number of esters is 3. The summed E-state index contributed by atoms with van der Waals surface area (Å²) in [5.41, 5.74) is 0. The molecule has 0 amide bonds. The summed E-state index contributed by atoms with van der Waals surface area (Å²) in [5, 5.41) is 0. The molecule has 0 aromatic rings. The number of unbranched alkanes of at least 4 members (excludes halogenated alkanes) is 14. The molecule has 0 heterocycles. The number of allylic oxidation sites excluding steroid dienone is 28. The van der Waals surface area contributed by atoms with Crippen LogP contribution in [0.5, 0.6) is 0 Å². The molecule has 0 bridgehead atoms. The first-order chi connectivity index (χ1) is 38.0. The van der Waals surface area contributed by atoms with Gasteiger partial charge in [-0.05, 0) is 135 Å². The van der Waals surface area contributed by atoms with Crippen molar-refractivity contribution in [1.82, 2.24) is 0 Å². The number of carbonyl (C=O) groups is 3. The first kappa shape index (κ1) is 71.8. The van der Waals surface area contributed by atoms with Crippen molar-refractivity contribution in [2.45, 2.75) is 245 Å². The Bertz CT molecular complexity index is 1790. The quantitative estimate of drug-likeness (QED) is 0.0261. The van der Waals surface area contributed by atoms with Crippen LogP contribution in [0.25, 0.3) is 0 Å². The first-order valence-electron chi connectivity index (χ1n) is 30.6. The van der Waals surface area contributed by atoms with E-state index in [2.05, 4.69) is 179 Å². The summed E-state index contributed by atoms with van der Waals surface area (Å²) in [4.78, 5) is 38.2. The van der Waals surface area contributed by atoms with Crippen molar-refractivity contribution in [1.29, 1.82) is 0 Å². The smallest absolute Gasteiger partial charge is 0.306 e. The van der Waals surface area contributed by atoms with Gasteiger partial charge in [-0.15, -0.1) is 0 Å². The number of hydrogen-bond donors (Lipinski definition) is 0. The second kappa shape index (κ2) is 63.3. The van der Waals surface area contributed by atoms with Gasteiger partial charge in [0.1, 0.15) is 13.2 Å². The zero-order valence-corrected chi connectivity index (χ0v) is 49.1. The van der Waals surface area contributed by atoms with Crippen LogP contribution >= 0.6 is 0 Å². The van der Waals surface area contributed by atoms with Crippen molar-refractivity contribution >= 4 is 17.9 Å². The molecule has 6 heteroatoms. The minimum absolute atomic E-state index is 0.130. The molecule has 0 N–H and O–H groups in total. The summed E-state index contributed by atoms with van der Waals surface area (Å²) in [7, 11) is 0. The van der Waals surface area contributed by atoms with Gasteiger partial charge in [0.2, 0.25) is 0 Å². The summed E-state index contributed by atoms with van der Waals surface area (Å²) < 4.78 is 16.8. The van der Waals surface area contributed by atoms with E-state index in [4.69, 9.17) is 14.2 Å². The van der Waals surface area contributed by atoms with Crippen LogP contribution in [-0.4, -0.2) is 37.2 Å². The fraction of sp³-hybridized carbons (Fsp3) is 0.563. The van der Waals surface area contributed by atoms with Crippen LogP contribution in [0.1, 0.15) is 239 Å². The van der Waals surface area contributed by atoms with Crippen LogP contribution in [0.3, 0.4) is 0 Å². The average Bonchev–Trinajstić information content (AvgIpc) is 3.43. The number of carbonyl (C=O) groups excluding carboxylic acids is 3. The summed E-state index contributed by atoms with van der Waals surface area (Å²) in [6.07, 6.45) is 93.7. The topological polar surface area (TPSA) is 78.9 Å². The molecule has 0 aromatic heterocycles. The third-order valence-corrected chi connectivity index (χ3v) is 12.2.